The molecule has 0 aromatic carbocycles. The highest BCUT2D eigenvalue weighted by atomic mass is 19.4. The molecule has 4 heteroatoms. The average molecular weight is 139 g/mol. The Bertz CT molecular complexity index is 105. The van der Waals surface area contributed by atoms with Gasteiger partial charge in [0.25, 0.3) is 0 Å². The van der Waals surface area contributed by atoms with E-state index in [1.807, 2.05) is 0 Å². The molecule has 0 aliphatic heterocycles. The zero-order valence-corrected chi connectivity index (χ0v) is 5.05. The van der Waals surface area contributed by atoms with Gasteiger partial charge in [-0.1, -0.05) is 13.5 Å². The molecule has 0 saturated carbocycles. The second kappa shape index (κ2) is 2.75. The Morgan fingerprint density at radius 1 is 1.56 bits per heavy atom. The molecule has 0 spiro atoms. The fraction of sp³-hybridized carbons (Fsp3) is 0.600. The van der Waals surface area contributed by atoms with Crippen LogP contribution in [0.3, 0.4) is 0 Å². The molecule has 1 N–H and O–H groups in total. The fourth-order valence-electron chi connectivity index (χ4n) is 0.289. The van der Waals surface area contributed by atoms with Gasteiger partial charge in [0.05, 0.1) is 0 Å². The third-order valence-electron chi connectivity index (χ3n) is 0.745. The summed E-state index contributed by atoms with van der Waals surface area (Å²) in [4.78, 5) is 0. The number of allylic oxidation sites excluding steroid dienone is 1. The first-order chi connectivity index (χ1) is 3.95. The Morgan fingerprint density at radius 2 is 2.00 bits per heavy atom. The van der Waals surface area contributed by atoms with E-state index in [0.29, 0.717) is 6.42 Å². The van der Waals surface area contributed by atoms with Crippen molar-refractivity contribution in [2.45, 2.75) is 19.6 Å². The van der Waals surface area contributed by atoms with Crippen molar-refractivity contribution in [1.29, 1.82) is 0 Å². The summed E-state index contributed by atoms with van der Waals surface area (Å²) < 4.78 is 34.0. The largest absolute Gasteiger partial charge is 0.482 e. The topological polar surface area (TPSA) is 12.0 Å². The molecule has 1 nitrogen and oxygen atoms in total. The lowest BCUT2D eigenvalue weighted by atomic mass is 10.4. The number of alkyl halides is 3. The minimum absolute atomic E-state index is 0.0116. The molecule has 0 atom stereocenters. The van der Waals surface area contributed by atoms with Crippen LogP contribution in [0.2, 0.25) is 0 Å². The van der Waals surface area contributed by atoms with E-state index < -0.39 is 6.30 Å². The van der Waals surface area contributed by atoms with Gasteiger partial charge < -0.3 is 5.32 Å². The third kappa shape index (κ3) is 5.20. The van der Waals surface area contributed by atoms with Gasteiger partial charge in [-0.25, -0.2) is 0 Å². The number of hydrogen-bond donors (Lipinski definition) is 1. The van der Waals surface area contributed by atoms with Gasteiger partial charge in [-0.05, 0) is 6.42 Å². The fourth-order valence-corrected chi connectivity index (χ4v) is 0.289. The normalized spacial score (nSPS) is 11.1. The van der Waals surface area contributed by atoms with E-state index in [1.165, 1.54) is 5.32 Å². The summed E-state index contributed by atoms with van der Waals surface area (Å²) in [6.07, 6.45) is -4.04. The smallest absolute Gasteiger partial charge is 0.302 e. The molecule has 0 aromatic rings. The Kier molecular flexibility index (Phi) is 2.55. The molecule has 0 aliphatic rings. The van der Waals surface area contributed by atoms with Gasteiger partial charge >= 0.3 is 6.30 Å². The molecule has 9 heavy (non-hydrogen) atoms. The lowest BCUT2D eigenvalue weighted by Crippen LogP contribution is -2.29. The van der Waals surface area contributed by atoms with Crippen LogP contribution in [0.5, 0.6) is 0 Å². The highest BCUT2D eigenvalue weighted by Crippen LogP contribution is 2.12. The van der Waals surface area contributed by atoms with Crippen molar-refractivity contribution < 1.29 is 13.2 Å². The zero-order valence-electron chi connectivity index (χ0n) is 5.05. The van der Waals surface area contributed by atoms with Gasteiger partial charge in [-0.3, -0.25) is 0 Å². The van der Waals surface area contributed by atoms with E-state index in [1.54, 1.807) is 6.92 Å². The van der Waals surface area contributed by atoms with Gasteiger partial charge in [0.2, 0.25) is 0 Å². The molecule has 0 aliphatic carbocycles. The first kappa shape index (κ1) is 8.33. The van der Waals surface area contributed by atoms with E-state index in [-0.39, 0.29) is 5.70 Å². The molecule has 0 saturated heterocycles. The SMILES string of the molecule is C=C(CC)NC(F)(F)F. The summed E-state index contributed by atoms with van der Waals surface area (Å²) >= 11 is 0. The molecule has 0 aromatic heterocycles. The van der Waals surface area contributed by atoms with Crippen LogP contribution in [0.4, 0.5) is 13.2 Å². The monoisotopic (exact) mass is 139 g/mol. The van der Waals surface area contributed by atoms with Gasteiger partial charge in [-0.15, -0.1) is 0 Å². The summed E-state index contributed by atoms with van der Waals surface area (Å²) in [5.74, 6) is 0. The number of rotatable bonds is 2. The predicted octanol–water partition coefficient (Wildman–Crippen LogP) is 2.02. The summed E-state index contributed by atoms with van der Waals surface area (Å²) in [5, 5.41) is 1.27. The van der Waals surface area contributed by atoms with Gasteiger partial charge in [0.15, 0.2) is 0 Å². The molecule has 0 bridgehead atoms. The summed E-state index contributed by atoms with van der Waals surface area (Å²) in [5.41, 5.74) is -0.0116. The lowest BCUT2D eigenvalue weighted by Gasteiger charge is -2.09. The first-order valence-electron chi connectivity index (χ1n) is 2.48. The first-order valence-corrected chi connectivity index (χ1v) is 2.48. The summed E-state index contributed by atoms with van der Waals surface area (Å²) in [7, 11) is 0. The maximum Gasteiger partial charge on any atom is 0.482 e. The van der Waals surface area contributed by atoms with Gasteiger partial charge in [0, 0.05) is 5.70 Å². The van der Waals surface area contributed by atoms with Crippen molar-refractivity contribution in [2.75, 3.05) is 0 Å². The van der Waals surface area contributed by atoms with Crippen LogP contribution in [0, 0.1) is 0 Å². The maximum atomic E-state index is 11.3. The average Bonchev–Trinajstić information content (AvgIpc) is 1.62. The second-order valence-electron chi connectivity index (χ2n) is 1.58. The molecule has 54 valence electrons. The molecule has 0 radical (unpaired) electrons. The van der Waals surface area contributed by atoms with Crippen molar-refractivity contribution in [2.24, 2.45) is 0 Å². The van der Waals surface area contributed by atoms with Crippen molar-refractivity contribution in [3.05, 3.63) is 12.3 Å². The minimum Gasteiger partial charge on any atom is -0.302 e. The molecule has 0 heterocycles. The van der Waals surface area contributed by atoms with Gasteiger partial charge in [-0.2, -0.15) is 13.2 Å². The molecular weight excluding hydrogens is 131 g/mol. The van der Waals surface area contributed by atoms with Gasteiger partial charge in [0.1, 0.15) is 0 Å². The Labute approximate surface area is 51.6 Å². The van der Waals surface area contributed by atoms with Crippen LogP contribution in [-0.2, 0) is 0 Å². The van der Waals surface area contributed by atoms with Crippen molar-refractivity contribution in [1.82, 2.24) is 5.32 Å². The van der Waals surface area contributed by atoms with Crippen LogP contribution in [-0.4, -0.2) is 6.30 Å². The van der Waals surface area contributed by atoms with Crippen LogP contribution in [0.15, 0.2) is 12.3 Å². The number of hydrogen-bond acceptors (Lipinski definition) is 1. The van der Waals surface area contributed by atoms with E-state index >= 15 is 0 Å². The van der Waals surface area contributed by atoms with E-state index in [0.717, 1.165) is 0 Å². The molecular formula is C5H8F3N. The Hall–Kier alpha value is -0.670. The standard InChI is InChI=1S/C5H8F3N/c1-3-4(2)9-5(6,7)8/h9H,2-3H2,1H3. The minimum atomic E-state index is -4.33. The molecule has 0 fully saturated rings. The van der Waals surface area contributed by atoms with E-state index in [9.17, 15) is 13.2 Å². The summed E-state index contributed by atoms with van der Waals surface area (Å²) in [6.45, 7) is 4.73. The number of nitrogens with one attached hydrogen (secondary N) is 1. The highest BCUT2D eigenvalue weighted by molar-refractivity contribution is 4.89. The van der Waals surface area contributed by atoms with E-state index in [2.05, 4.69) is 6.58 Å². The highest BCUT2D eigenvalue weighted by Gasteiger charge is 2.26. The van der Waals surface area contributed by atoms with Crippen LogP contribution in [0.25, 0.3) is 0 Å². The zero-order chi connectivity index (χ0) is 7.49. The Balaban J connectivity index is 3.60. The van der Waals surface area contributed by atoms with Crippen molar-refractivity contribution >= 4 is 0 Å². The maximum absolute atomic E-state index is 11.3. The predicted molar refractivity (Wildman–Crippen MR) is 28.6 cm³/mol. The Morgan fingerprint density at radius 3 is 2.11 bits per heavy atom. The van der Waals surface area contributed by atoms with E-state index in [4.69, 9.17) is 0 Å². The second-order valence-corrected chi connectivity index (χ2v) is 1.58. The van der Waals surface area contributed by atoms with Crippen LogP contribution >= 0.6 is 0 Å². The van der Waals surface area contributed by atoms with Crippen LogP contribution < -0.4 is 5.32 Å². The quantitative estimate of drug-likeness (QED) is 0.577. The number of halogens is 3. The lowest BCUT2D eigenvalue weighted by molar-refractivity contribution is -0.149. The molecule has 0 unspecified atom stereocenters. The van der Waals surface area contributed by atoms with Crippen LogP contribution in [0.1, 0.15) is 13.3 Å². The van der Waals surface area contributed by atoms with Crippen molar-refractivity contribution in [3.63, 3.8) is 0 Å². The van der Waals surface area contributed by atoms with Crippen molar-refractivity contribution in [3.8, 4) is 0 Å². The molecule has 0 rings (SSSR count). The third-order valence-corrected chi connectivity index (χ3v) is 0.745. The summed E-state index contributed by atoms with van der Waals surface area (Å²) in [6, 6.07) is 0. The molecule has 0 amide bonds.